The van der Waals surface area contributed by atoms with Crippen LogP contribution in [0.2, 0.25) is 30.1 Å². The molecule has 0 unspecified atom stereocenters. The molecule has 0 aliphatic heterocycles. The van der Waals surface area contributed by atoms with Crippen LogP contribution in [-0.4, -0.2) is 22.0 Å². The number of carbonyl (C=O) groups excluding carboxylic acids is 2. The molecular weight excluding hydrogens is 841 g/mol. The molecule has 16 heteroatoms. The molecule has 0 spiro atoms. The van der Waals surface area contributed by atoms with Crippen LogP contribution in [0.25, 0.3) is 21.5 Å². The Labute approximate surface area is 347 Å². The van der Waals surface area contributed by atoms with Crippen molar-refractivity contribution >= 4 is 137 Å². The van der Waals surface area contributed by atoms with Crippen LogP contribution in [0.5, 0.6) is 11.5 Å². The van der Waals surface area contributed by atoms with Gasteiger partial charge in [-0.3, -0.25) is 9.59 Å². The van der Waals surface area contributed by atoms with E-state index in [4.69, 9.17) is 69.6 Å². The van der Waals surface area contributed by atoms with E-state index in [1.165, 1.54) is 36.4 Å². The highest BCUT2D eigenvalue weighted by molar-refractivity contribution is 6.39. The molecule has 0 atom stereocenters. The van der Waals surface area contributed by atoms with Crippen molar-refractivity contribution in [1.82, 2.24) is 0 Å². The van der Waals surface area contributed by atoms with Crippen molar-refractivity contribution in [2.24, 2.45) is 20.5 Å². The maximum absolute atomic E-state index is 13.7. The predicted octanol–water partition coefficient (Wildman–Crippen LogP) is 14.7. The summed E-state index contributed by atoms with van der Waals surface area (Å²) in [6.45, 7) is 0. The Kier molecular flexibility index (Phi) is 11.3. The molecule has 278 valence electrons. The summed E-state index contributed by atoms with van der Waals surface area (Å²) in [6, 6.07) is 28.9. The lowest BCUT2D eigenvalue weighted by Crippen LogP contribution is -2.14. The minimum atomic E-state index is -0.744. The molecule has 7 aromatic carbocycles. The second-order valence-corrected chi connectivity index (χ2v) is 14.5. The number of phenols is 2. The number of nitrogens with zero attached hydrogens (tertiary/aromatic N) is 4. The summed E-state index contributed by atoms with van der Waals surface area (Å²) in [6.07, 6.45) is 0. The second-order valence-electron chi connectivity index (χ2n) is 12.0. The van der Waals surface area contributed by atoms with E-state index in [1.807, 2.05) is 0 Å². The number of benzene rings is 7. The molecule has 0 aliphatic carbocycles. The van der Waals surface area contributed by atoms with Crippen LogP contribution >= 0.6 is 69.6 Å². The van der Waals surface area contributed by atoms with E-state index < -0.39 is 23.3 Å². The molecule has 0 aromatic heterocycles. The Balaban J connectivity index is 1.16. The first-order chi connectivity index (χ1) is 26.9. The van der Waals surface area contributed by atoms with Gasteiger partial charge in [0, 0.05) is 20.8 Å². The van der Waals surface area contributed by atoms with Crippen molar-refractivity contribution in [3.05, 3.63) is 150 Å². The maximum Gasteiger partial charge on any atom is 0.259 e. The Bertz CT molecular complexity index is 2620. The van der Waals surface area contributed by atoms with Gasteiger partial charge in [0.25, 0.3) is 11.8 Å². The van der Waals surface area contributed by atoms with Crippen molar-refractivity contribution < 1.29 is 19.8 Å². The SMILES string of the molecule is O=C(Nc1cc(Cl)c(NC(=O)c2cc3ccccc3c(/N=N/c3ccc(Cl)cc3Cl)c2O)cc1Cl)c1cc2ccccc2c(N=Nc2ccc(Cl)cc2Cl)c1O. The highest BCUT2D eigenvalue weighted by atomic mass is 35.5. The van der Waals surface area contributed by atoms with Crippen molar-refractivity contribution in [2.75, 3.05) is 10.6 Å². The molecule has 0 bridgehead atoms. The monoisotopic (exact) mass is 860 g/mol. The van der Waals surface area contributed by atoms with Gasteiger partial charge in [-0.2, -0.15) is 0 Å². The summed E-state index contributed by atoms with van der Waals surface area (Å²) in [5.74, 6) is -2.39. The van der Waals surface area contributed by atoms with Crippen LogP contribution < -0.4 is 10.6 Å². The van der Waals surface area contributed by atoms with Crippen molar-refractivity contribution in [2.45, 2.75) is 0 Å². The van der Waals surface area contributed by atoms with Gasteiger partial charge in [0.05, 0.1) is 42.6 Å². The van der Waals surface area contributed by atoms with Gasteiger partial charge in [-0.1, -0.05) is 118 Å². The van der Waals surface area contributed by atoms with Crippen LogP contribution in [0, 0.1) is 0 Å². The Morgan fingerprint density at radius 3 is 1.25 bits per heavy atom. The minimum Gasteiger partial charge on any atom is -0.505 e. The van der Waals surface area contributed by atoms with Gasteiger partial charge in [0.1, 0.15) is 22.7 Å². The molecule has 0 saturated carbocycles. The lowest BCUT2D eigenvalue weighted by molar-refractivity contribution is 0.101. The fourth-order valence-corrected chi connectivity index (χ4v) is 6.95. The average molecular weight is 863 g/mol. The molecule has 2 amide bonds. The number of rotatable bonds is 8. The molecule has 10 nitrogen and oxygen atoms in total. The third-order valence-corrected chi connectivity index (χ3v) is 10.1. The molecular formula is C40H22Cl6N6O4. The highest BCUT2D eigenvalue weighted by Crippen LogP contribution is 2.43. The summed E-state index contributed by atoms with van der Waals surface area (Å²) < 4.78 is 0. The van der Waals surface area contributed by atoms with Gasteiger partial charge >= 0.3 is 0 Å². The topological polar surface area (TPSA) is 148 Å². The second kappa shape index (κ2) is 16.3. The minimum absolute atomic E-state index is 0.00677. The number of aromatic hydroxyl groups is 2. The smallest absolute Gasteiger partial charge is 0.259 e. The van der Waals surface area contributed by atoms with Crippen LogP contribution in [-0.2, 0) is 0 Å². The number of hydrogen-bond donors (Lipinski definition) is 4. The summed E-state index contributed by atoms with van der Waals surface area (Å²) in [5.41, 5.74) is 0.508. The number of hydrogen-bond acceptors (Lipinski definition) is 8. The van der Waals surface area contributed by atoms with E-state index >= 15 is 0 Å². The highest BCUT2D eigenvalue weighted by Gasteiger charge is 2.23. The van der Waals surface area contributed by atoms with E-state index in [-0.39, 0.29) is 54.0 Å². The lowest BCUT2D eigenvalue weighted by atomic mass is 10.0. The third kappa shape index (κ3) is 8.08. The van der Waals surface area contributed by atoms with Crippen molar-refractivity contribution in [3.8, 4) is 11.5 Å². The zero-order chi connectivity index (χ0) is 39.7. The van der Waals surface area contributed by atoms with Gasteiger partial charge in [-0.15, -0.1) is 20.5 Å². The molecule has 56 heavy (non-hydrogen) atoms. The average Bonchev–Trinajstić information content (AvgIpc) is 3.16. The Morgan fingerprint density at radius 2 is 0.857 bits per heavy atom. The number of phenolic OH excluding ortho intramolecular Hbond substituents is 2. The van der Waals surface area contributed by atoms with Crippen molar-refractivity contribution in [1.29, 1.82) is 0 Å². The number of carbonyl (C=O) groups is 2. The lowest BCUT2D eigenvalue weighted by Gasteiger charge is -2.15. The van der Waals surface area contributed by atoms with Gasteiger partial charge in [-0.25, -0.2) is 0 Å². The normalized spacial score (nSPS) is 11.5. The summed E-state index contributed by atoms with van der Waals surface area (Å²) in [4.78, 5) is 27.3. The number of nitrogens with one attached hydrogen (secondary N) is 2. The molecule has 4 N–H and O–H groups in total. The number of amides is 2. The first kappa shape index (κ1) is 38.8. The molecule has 0 aliphatic rings. The number of anilines is 2. The number of halogens is 6. The van der Waals surface area contributed by atoms with Gasteiger partial charge < -0.3 is 20.8 Å². The molecule has 0 saturated heterocycles. The van der Waals surface area contributed by atoms with Gasteiger partial charge in [-0.05, 0) is 71.4 Å². The molecule has 0 heterocycles. The van der Waals surface area contributed by atoms with Gasteiger partial charge in [0.15, 0.2) is 11.5 Å². The van der Waals surface area contributed by atoms with Crippen LogP contribution in [0.1, 0.15) is 20.7 Å². The molecule has 0 fully saturated rings. The maximum atomic E-state index is 13.7. The third-order valence-electron chi connectivity index (χ3n) is 8.37. The summed E-state index contributed by atoms with van der Waals surface area (Å²) in [7, 11) is 0. The summed E-state index contributed by atoms with van der Waals surface area (Å²) in [5, 5.41) is 48.3. The Morgan fingerprint density at radius 1 is 0.464 bits per heavy atom. The van der Waals surface area contributed by atoms with E-state index in [9.17, 15) is 19.8 Å². The first-order valence-electron chi connectivity index (χ1n) is 16.2. The van der Waals surface area contributed by atoms with E-state index in [2.05, 4.69) is 31.1 Å². The zero-order valence-corrected chi connectivity index (χ0v) is 32.7. The van der Waals surface area contributed by atoms with Gasteiger partial charge in [0.2, 0.25) is 0 Å². The first-order valence-corrected chi connectivity index (χ1v) is 18.5. The molecule has 7 rings (SSSR count). The summed E-state index contributed by atoms with van der Waals surface area (Å²) >= 11 is 37.7. The number of azo groups is 2. The Hall–Kier alpha value is -5.46. The van der Waals surface area contributed by atoms with Crippen LogP contribution in [0.3, 0.4) is 0 Å². The number of fused-ring (bicyclic) bond motifs is 2. The van der Waals surface area contributed by atoms with E-state index in [0.717, 1.165) is 0 Å². The standard InChI is InChI=1S/C40H22Cl6N6O4/c41-21-9-11-31(27(43)15-21)49-51-35-23-7-3-1-5-19(23)13-25(37(35)53)39(55)47-33-17-30(46)34(18-29(33)45)48-40(56)26-14-20-6-2-4-8-24(20)36(38(26)54)52-50-32-12-10-22(42)16-28(32)44/h1-18,53-54H,(H,47,55)(H,48,56)/b51-49+,52-50?. The quantitative estimate of drug-likeness (QED) is 0.113. The van der Waals surface area contributed by atoms with E-state index in [0.29, 0.717) is 43.0 Å². The fraction of sp³-hybridized carbons (Fsp3) is 0. The largest absolute Gasteiger partial charge is 0.505 e. The molecule has 7 aromatic rings. The predicted molar refractivity (Wildman–Crippen MR) is 225 cm³/mol. The van der Waals surface area contributed by atoms with E-state index in [1.54, 1.807) is 72.8 Å². The van der Waals surface area contributed by atoms with Crippen LogP contribution in [0.4, 0.5) is 34.1 Å². The molecule has 0 radical (unpaired) electrons. The zero-order valence-electron chi connectivity index (χ0n) is 28.2. The van der Waals surface area contributed by atoms with Crippen molar-refractivity contribution in [3.63, 3.8) is 0 Å². The van der Waals surface area contributed by atoms with Crippen LogP contribution in [0.15, 0.2) is 130 Å². The fourth-order valence-electron chi connectivity index (χ4n) is 5.63.